The molecule has 0 atom stereocenters. The molecule has 70 heavy (non-hydrogen) atoms. The molecule has 0 fully saturated rings. The Morgan fingerprint density at radius 2 is 0.629 bits per heavy atom. The summed E-state index contributed by atoms with van der Waals surface area (Å²) < 4.78 is 0. The zero-order chi connectivity index (χ0) is 47.6. The van der Waals surface area contributed by atoms with E-state index in [1.807, 2.05) is 18.5 Å². The summed E-state index contributed by atoms with van der Waals surface area (Å²) in [6.07, 6.45) is 3.91. The Kier molecular flexibility index (Phi) is 12.0. The van der Waals surface area contributed by atoms with Crippen LogP contribution in [-0.4, -0.2) is 9.97 Å². The zero-order valence-electron chi connectivity index (χ0n) is 40.0. The third kappa shape index (κ3) is 8.46. The van der Waals surface area contributed by atoms with Crippen LogP contribution >= 0.6 is 0 Å². The number of aromatic nitrogens is 2. The van der Waals surface area contributed by atoms with Gasteiger partial charge in [-0.15, -0.1) is 0 Å². The zero-order valence-corrected chi connectivity index (χ0v) is 40.0. The Morgan fingerprint density at radius 1 is 0.229 bits per heavy atom. The van der Waals surface area contributed by atoms with E-state index >= 15 is 0 Å². The van der Waals surface area contributed by atoms with Gasteiger partial charge < -0.3 is 0 Å². The van der Waals surface area contributed by atoms with Crippen LogP contribution in [0, 0.1) is 27.7 Å². The van der Waals surface area contributed by atoms with E-state index in [2.05, 4.69) is 252 Å². The highest BCUT2D eigenvalue weighted by Gasteiger charge is 2.23. The first kappa shape index (κ1) is 43.8. The molecule has 2 nitrogen and oxygen atoms in total. The van der Waals surface area contributed by atoms with Crippen molar-refractivity contribution >= 4 is 0 Å². The lowest BCUT2D eigenvalue weighted by Gasteiger charge is -2.24. The van der Waals surface area contributed by atoms with Gasteiger partial charge in [-0.2, -0.15) is 0 Å². The number of benzene rings is 9. The molecule has 0 aliphatic heterocycles. The van der Waals surface area contributed by atoms with Gasteiger partial charge in [-0.05, 0) is 176 Å². The number of rotatable bonds is 10. The van der Waals surface area contributed by atoms with E-state index in [1.165, 1.54) is 100 Å². The van der Waals surface area contributed by atoms with E-state index < -0.39 is 0 Å². The van der Waals surface area contributed by atoms with E-state index in [0.717, 1.165) is 33.6 Å². The molecule has 0 saturated heterocycles. The molecule has 11 rings (SSSR count). The fourth-order valence-electron chi connectivity index (χ4n) is 10.3. The second kappa shape index (κ2) is 19.1. The molecule has 0 aliphatic carbocycles. The maximum Gasteiger partial charge on any atom is 0.0702 e. The van der Waals surface area contributed by atoms with E-state index in [-0.39, 0.29) is 0 Å². The number of hydrogen-bond donors (Lipinski definition) is 0. The summed E-state index contributed by atoms with van der Waals surface area (Å²) in [7, 11) is 0. The van der Waals surface area contributed by atoms with Crippen molar-refractivity contribution in [3.8, 4) is 112 Å². The van der Waals surface area contributed by atoms with Gasteiger partial charge in [0.1, 0.15) is 0 Å². The minimum Gasteiger partial charge on any atom is -0.256 e. The van der Waals surface area contributed by atoms with Crippen LogP contribution in [0.4, 0.5) is 0 Å². The molecule has 2 aromatic heterocycles. The Labute approximate surface area is 412 Å². The molecule has 0 radical (unpaired) electrons. The first-order valence-corrected chi connectivity index (χ1v) is 24.1. The van der Waals surface area contributed by atoms with Crippen LogP contribution in [-0.2, 0) is 0 Å². The van der Waals surface area contributed by atoms with Crippen LogP contribution in [0.5, 0.6) is 0 Å². The highest BCUT2D eigenvalue weighted by Crippen LogP contribution is 2.47. The topological polar surface area (TPSA) is 25.8 Å². The molecule has 334 valence electrons. The third-order valence-electron chi connectivity index (χ3n) is 14.1. The SMILES string of the molecule is Cc1c(C)c(-c2ccccc2-c2ccc(-c3ccccn3)cc2-c2cccc(-c3ccccc3)c2)c(C)c(C)c1-c1ccccc1-c1ccc(-c2cccc(-c3cccc(-c4ccccc4)c3)c2)nc1. The summed E-state index contributed by atoms with van der Waals surface area (Å²) >= 11 is 0. The Balaban J connectivity index is 0.963. The normalized spacial score (nSPS) is 11.1. The molecule has 0 unspecified atom stereocenters. The molecule has 0 saturated carbocycles. The predicted octanol–water partition coefficient (Wildman–Crippen LogP) is 18.4. The average Bonchev–Trinajstić information content (AvgIpc) is 3.43. The first-order valence-electron chi connectivity index (χ1n) is 24.1. The molecule has 2 heteroatoms. The summed E-state index contributed by atoms with van der Waals surface area (Å²) in [4.78, 5) is 9.85. The maximum atomic E-state index is 5.10. The van der Waals surface area contributed by atoms with E-state index in [1.54, 1.807) is 0 Å². The molecular formula is C68H52N2. The molecular weight excluding hydrogens is 845 g/mol. The molecule has 0 spiro atoms. The maximum absolute atomic E-state index is 5.10. The summed E-state index contributed by atoms with van der Waals surface area (Å²) in [6, 6.07) is 82.7. The van der Waals surface area contributed by atoms with Crippen molar-refractivity contribution in [2.45, 2.75) is 27.7 Å². The standard InChI is InChI=1S/C68H52N2/c1-45-47(3)68(63-33-14-12-31-60(63)61-37-35-57(65-34-15-16-39-69-65)43-64(61)55-28-18-25-52(41-55)50-22-9-6-10-23-50)48(4)46(2)67(45)62-32-13-11-30-59(62)58-36-38-66(70-44-58)56-29-19-27-54(42-56)53-26-17-24-51(40-53)49-20-7-5-8-21-49/h5-44H,1-4H3. The Hall–Kier alpha value is -8.72. The van der Waals surface area contributed by atoms with E-state index in [0.29, 0.717) is 0 Å². The van der Waals surface area contributed by atoms with Gasteiger partial charge in [0, 0.05) is 29.1 Å². The van der Waals surface area contributed by atoms with Crippen LogP contribution in [0.15, 0.2) is 243 Å². The van der Waals surface area contributed by atoms with Gasteiger partial charge in [0.05, 0.1) is 11.4 Å². The van der Waals surface area contributed by atoms with Crippen LogP contribution in [0.1, 0.15) is 22.3 Å². The second-order valence-electron chi connectivity index (χ2n) is 18.2. The van der Waals surface area contributed by atoms with Crippen molar-refractivity contribution in [1.82, 2.24) is 9.97 Å². The van der Waals surface area contributed by atoms with Gasteiger partial charge in [-0.3, -0.25) is 9.97 Å². The molecule has 0 bridgehead atoms. The minimum absolute atomic E-state index is 0.947. The predicted molar refractivity (Wildman–Crippen MR) is 295 cm³/mol. The van der Waals surface area contributed by atoms with Gasteiger partial charge in [-0.25, -0.2) is 0 Å². The lowest BCUT2D eigenvalue weighted by Crippen LogP contribution is -2.02. The quantitative estimate of drug-likeness (QED) is 0.137. The van der Waals surface area contributed by atoms with Crippen LogP contribution < -0.4 is 0 Å². The fourth-order valence-corrected chi connectivity index (χ4v) is 10.3. The number of nitrogens with zero attached hydrogens (tertiary/aromatic N) is 2. The molecule has 11 aromatic rings. The first-order chi connectivity index (χ1) is 34.4. The molecule has 0 amide bonds. The largest absolute Gasteiger partial charge is 0.256 e. The van der Waals surface area contributed by atoms with Crippen molar-refractivity contribution in [3.63, 3.8) is 0 Å². The molecule has 9 aromatic carbocycles. The second-order valence-corrected chi connectivity index (χ2v) is 18.2. The van der Waals surface area contributed by atoms with Crippen molar-refractivity contribution in [2.75, 3.05) is 0 Å². The lowest BCUT2D eigenvalue weighted by atomic mass is 9.79. The van der Waals surface area contributed by atoms with Gasteiger partial charge in [0.15, 0.2) is 0 Å². The number of hydrogen-bond acceptors (Lipinski definition) is 2. The van der Waals surface area contributed by atoms with Gasteiger partial charge in [0.25, 0.3) is 0 Å². The average molecular weight is 897 g/mol. The lowest BCUT2D eigenvalue weighted by molar-refractivity contribution is 1.24. The van der Waals surface area contributed by atoms with Crippen molar-refractivity contribution in [1.29, 1.82) is 0 Å². The van der Waals surface area contributed by atoms with Crippen LogP contribution in [0.3, 0.4) is 0 Å². The minimum atomic E-state index is 0.947. The van der Waals surface area contributed by atoms with Gasteiger partial charge in [-0.1, -0.05) is 188 Å². The van der Waals surface area contributed by atoms with Gasteiger partial charge >= 0.3 is 0 Å². The van der Waals surface area contributed by atoms with Crippen LogP contribution in [0.2, 0.25) is 0 Å². The summed E-state index contributed by atoms with van der Waals surface area (Å²) in [6.45, 7) is 9.20. The summed E-state index contributed by atoms with van der Waals surface area (Å²) in [5.74, 6) is 0. The number of pyridine rings is 2. The van der Waals surface area contributed by atoms with Crippen molar-refractivity contribution < 1.29 is 0 Å². The molecule has 2 heterocycles. The fraction of sp³-hybridized carbons (Fsp3) is 0.0588. The third-order valence-corrected chi connectivity index (χ3v) is 14.1. The highest BCUT2D eigenvalue weighted by molar-refractivity contribution is 5.97. The molecule has 0 N–H and O–H groups in total. The summed E-state index contributed by atoms with van der Waals surface area (Å²) in [5, 5.41) is 0. The Morgan fingerprint density at radius 3 is 1.19 bits per heavy atom. The summed E-state index contributed by atoms with van der Waals surface area (Å²) in [5.41, 5.74) is 28.3. The smallest absolute Gasteiger partial charge is 0.0702 e. The van der Waals surface area contributed by atoms with Crippen molar-refractivity contribution in [2.24, 2.45) is 0 Å². The Bertz CT molecular complexity index is 3640. The van der Waals surface area contributed by atoms with Crippen LogP contribution in [0.25, 0.3) is 112 Å². The van der Waals surface area contributed by atoms with E-state index in [9.17, 15) is 0 Å². The monoisotopic (exact) mass is 896 g/mol. The van der Waals surface area contributed by atoms with Gasteiger partial charge in [0.2, 0.25) is 0 Å². The molecule has 0 aliphatic rings. The van der Waals surface area contributed by atoms with Crippen molar-refractivity contribution in [3.05, 3.63) is 265 Å². The van der Waals surface area contributed by atoms with E-state index in [4.69, 9.17) is 9.97 Å². The highest BCUT2D eigenvalue weighted by atomic mass is 14.7.